The third-order valence-corrected chi connectivity index (χ3v) is 3.90. The van der Waals surface area contributed by atoms with Crippen LogP contribution in [0.2, 0.25) is 0 Å². The molecule has 19 heavy (non-hydrogen) atoms. The van der Waals surface area contributed by atoms with E-state index in [0.29, 0.717) is 18.2 Å². The fourth-order valence-electron chi connectivity index (χ4n) is 2.69. The fourth-order valence-corrected chi connectivity index (χ4v) is 2.69. The Morgan fingerprint density at radius 1 is 1.42 bits per heavy atom. The largest absolute Gasteiger partial charge is 0.366 e. The van der Waals surface area contributed by atoms with Gasteiger partial charge in [-0.2, -0.15) is 0 Å². The van der Waals surface area contributed by atoms with Crippen molar-refractivity contribution in [3.05, 3.63) is 35.4 Å². The minimum Gasteiger partial charge on any atom is -0.366 e. The number of carbonyl (C=O) groups excluding carboxylic acids is 1. The summed E-state index contributed by atoms with van der Waals surface area (Å²) in [5, 5.41) is 3.45. The van der Waals surface area contributed by atoms with Gasteiger partial charge in [0.2, 0.25) is 5.91 Å². The Balaban J connectivity index is 1.87. The number of likely N-dealkylation sites (tertiary alicyclic amines) is 1. The molecular weight excluding hydrogens is 238 g/mol. The Morgan fingerprint density at radius 2 is 2.21 bits per heavy atom. The number of carbonyl (C=O) groups is 1. The molecule has 0 aliphatic carbocycles. The second-order valence-electron chi connectivity index (χ2n) is 5.28. The molecule has 0 bridgehead atoms. The molecule has 1 unspecified atom stereocenters. The summed E-state index contributed by atoms with van der Waals surface area (Å²) in [5.41, 5.74) is 6.97. The Kier molecular flexibility index (Phi) is 4.93. The van der Waals surface area contributed by atoms with E-state index in [0.717, 1.165) is 12.1 Å². The molecule has 4 heteroatoms. The van der Waals surface area contributed by atoms with Crippen LogP contribution in [-0.2, 0) is 6.54 Å². The average molecular weight is 261 g/mol. The number of likely N-dealkylation sites (N-methyl/N-ethyl adjacent to an activating group) is 1. The highest BCUT2D eigenvalue weighted by atomic mass is 16.1. The van der Waals surface area contributed by atoms with Gasteiger partial charge in [0, 0.05) is 24.7 Å². The van der Waals surface area contributed by atoms with Crippen LogP contribution in [0.1, 0.15) is 35.2 Å². The predicted molar refractivity (Wildman–Crippen MR) is 76.9 cm³/mol. The van der Waals surface area contributed by atoms with E-state index in [4.69, 9.17) is 5.73 Å². The molecule has 104 valence electrons. The monoisotopic (exact) mass is 261 g/mol. The summed E-state index contributed by atoms with van der Waals surface area (Å²) < 4.78 is 0. The first kappa shape index (κ1) is 14.0. The Labute approximate surface area is 115 Å². The first-order chi connectivity index (χ1) is 9.18. The highest BCUT2D eigenvalue weighted by molar-refractivity contribution is 5.94. The van der Waals surface area contributed by atoms with Crippen molar-refractivity contribution >= 4 is 5.91 Å². The minimum atomic E-state index is -0.354. The van der Waals surface area contributed by atoms with Crippen molar-refractivity contribution in [1.29, 1.82) is 0 Å². The van der Waals surface area contributed by atoms with Crippen molar-refractivity contribution in [2.75, 3.05) is 20.1 Å². The molecule has 0 radical (unpaired) electrons. The molecule has 1 fully saturated rings. The van der Waals surface area contributed by atoms with Gasteiger partial charge in [-0.25, -0.2) is 0 Å². The van der Waals surface area contributed by atoms with Crippen LogP contribution in [0.25, 0.3) is 0 Å². The van der Waals surface area contributed by atoms with Crippen molar-refractivity contribution in [2.24, 2.45) is 5.73 Å². The molecule has 2 rings (SSSR count). The first-order valence-electron chi connectivity index (χ1n) is 6.97. The third kappa shape index (κ3) is 3.78. The summed E-state index contributed by atoms with van der Waals surface area (Å²) >= 11 is 0. The lowest BCUT2D eigenvalue weighted by Crippen LogP contribution is -2.43. The van der Waals surface area contributed by atoms with E-state index in [1.165, 1.54) is 25.8 Å². The predicted octanol–water partition coefficient (Wildman–Crippen LogP) is 1.36. The van der Waals surface area contributed by atoms with Gasteiger partial charge in [-0.1, -0.05) is 24.6 Å². The smallest absolute Gasteiger partial charge is 0.249 e. The van der Waals surface area contributed by atoms with Crippen LogP contribution >= 0.6 is 0 Å². The number of primary amides is 1. The topological polar surface area (TPSA) is 58.4 Å². The van der Waals surface area contributed by atoms with Gasteiger partial charge in [-0.05, 0) is 38.1 Å². The van der Waals surface area contributed by atoms with Gasteiger partial charge in [0.25, 0.3) is 0 Å². The maximum Gasteiger partial charge on any atom is 0.249 e. The first-order valence-corrected chi connectivity index (χ1v) is 6.97. The van der Waals surface area contributed by atoms with Crippen LogP contribution in [-0.4, -0.2) is 37.0 Å². The minimum absolute atomic E-state index is 0.354. The second kappa shape index (κ2) is 6.68. The van der Waals surface area contributed by atoms with Gasteiger partial charge in [0.15, 0.2) is 0 Å². The van der Waals surface area contributed by atoms with Crippen molar-refractivity contribution in [2.45, 2.75) is 31.8 Å². The van der Waals surface area contributed by atoms with Gasteiger partial charge in [0.1, 0.15) is 0 Å². The highest BCUT2D eigenvalue weighted by Gasteiger charge is 2.18. The van der Waals surface area contributed by atoms with Crippen molar-refractivity contribution in [3.63, 3.8) is 0 Å². The summed E-state index contributed by atoms with van der Waals surface area (Å²) in [6.07, 6.45) is 3.87. The molecule has 0 spiro atoms. The van der Waals surface area contributed by atoms with Crippen LogP contribution in [0.5, 0.6) is 0 Å². The summed E-state index contributed by atoms with van der Waals surface area (Å²) in [6.45, 7) is 2.84. The zero-order valence-corrected chi connectivity index (χ0v) is 11.6. The van der Waals surface area contributed by atoms with Gasteiger partial charge in [-0.15, -0.1) is 0 Å². The Bertz CT molecular complexity index is 433. The number of hydrogen-bond acceptors (Lipinski definition) is 3. The fraction of sp³-hybridized carbons (Fsp3) is 0.533. The molecule has 1 aliphatic heterocycles. The normalized spacial score (nSPS) is 20.4. The number of nitrogens with two attached hydrogens (primary N) is 1. The van der Waals surface area contributed by atoms with Gasteiger partial charge in [0.05, 0.1) is 0 Å². The number of rotatable bonds is 5. The van der Waals surface area contributed by atoms with Crippen molar-refractivity contribution in [3.8, 4) is 0 Å². The number of piperidine rings is 1. The molecule has 0 aromatic heterocycles. The van der Waals surface area contributed by atoms with Crippen molar-refractivity contribution < 1.29 is 4.79 Å². The van der Waals surface area contributed by atoms with E-state index in [-0.39, 0.29) is 5.91 Å². The molecule has 4 nitrogen and oxygen atoms in total. The number of amides is 1. The van der Waals surface area contributed by atoms with Crippen LogP contribution < -0.4 is 11.1 Å². The van der Waals surface area contributed by atoms with Gasteiger partial charge < -0.3 is 16.0 Å². The zero-order valence-electron chi connectivity index (χ0n) is 11.6. The van der Waals surface area contributed by atoms with E-state index < -0.39 is 0 Å². The number of nitrogens with one attached hydrogen (secondary N) is 1. The lowest BCUT2D eigenvalue weighted by molar-refractivity contribution is 0.0999. The zero-order chi connectivity index (χ0) is 13.7. The van der Waals surface area contributed by atoms with Crippen LogP contribution in [0.4, 0.5) is 0 Å². The summed E-state index contributed by atoms with van der Waals surface area (Å²) in [5.74, 6) is -0.354. The molecule has 0 saturated carbocycles. The van der Waals surface area contributed by atoms with Crippen LogP contribution in [0.3, 0.4) is 0 Å². The quantitative estimate of drug-likeness (QED) is 0.841. The van der Waals surface area contributed by atoms with Crippen LogP contribution in [0, 0.1) is 0 Å². The van der Waals surface area contributed by atoms with E-state index in [2.05, 4.69) is 17.3 Å². The van der Waals surface area contributed by atoms with Crippen molar-refractivity contribution in [1.82, 2.24) is 10.2 Å². The third-order valence-electron chi connectivity index (χ3n) is 3.90. The average Bonchev–Trinajstić information content (AvgIpc) is 2.41. The highest BCUT2D eigenvalue weighted by Crippen LogP contribution is 2.14. The van der Waals surface area contributed by atoms with Gasteiger partial charge in [-0.3, -0.25) is 4.79 Å². The lowest BCUT2D eigenvalue weighted by Gasteiger charge is -2.32. The summed E-state index contributed by atoms with van der Waals surface area (Å²) in [6, 6.07) is 8.13. The number of benzene rings is 1. The lowest BCUT2D eigenvalue weighted by atomic mass is 10.0. The van der Waals surface area contributed by atoms with Gasteiger partial charge >= 0.3 is 0 Å². The molecule has 1 heterocycles. The molecule has 1 aromatic carbocycles. The summed E-state index contributed by atoms with van der Waals surface area (Å²) in [7, 11) is 2.18. The van der Waals surface area contributed by atoms with E-state index in [9.17, 15) is 4.79 Å². The molecular formula is C15H23N3O. The Morgan fingerprint density at radius 3 is 2.95 bits per heavy atom. The SMILES string of the molecule is CN1CCCCC1CNCc1ccccc1C(N)=O. The number of hydrogen-bond donors (Lipinski definition) is 2. The summed E-state index contributed by atoms with van der Waals surface area (Å²) in [4.78, 5) is 13.7. The molecule has 3 N–H and O–H groups in total. The number of nitrogens with zero attached hydrogens (tertiary/aromatic N) is 1. The molecule has 1 atom stereocenters. The van der Waals surface area contributed by atoms with E-state index in [1.54, 1.807) is 6.07 Å². The molecule has 1 saturated heterocycles. The van der Waals surface area contributed by atoms with E-state index >= 15 is 0 Å². The molecule has 1 aromatic rings. The molecule has 1 amide bonds. The maximum absolute atomic E-state index is 11.3. The maximum atomic E-state index is 11.3. The molecule has 1 aliphatic rings. The Hall–Kier alpha value is -1.39. The standard InChI is InChI=1S/C15H23N3O/c1-18-9-5-4-7-13(18)11-17-10-12-6-2-3-8-14(12)15(16)19/h2-3,6,8,13,17H,4-5,7,9-11H2,1H3,(H2,16,19). The van der Waals surface area contributed by atoms with Crippen LogP contribution in [0.15, 0.2) is 24.3 Å². The van der Waals surface area contributed by atoms with E-state index in [1.807, 2.05) is 18.2 Å². The second-order valence-corrected chi connectivity index (χ2v) is 5.28.